The zero-order valence-corrected chi connectivity index (χ0v) is 8.81. The van der Waals surface area contributed by atoms with Crippen molar-refractivity contribution in [3.05, 3.63) is 29.3 Å². The van der Waals surface area contributed by atoms with Crippen molar-refractivity contribution >= 4 is 5.69 Å². The van der Waals surface area contributed by atoms with Gasteiger partial charge in [0.25, 0.3) is 0 Å². The lowest BCUT2D eigenvalue weighted by Crippen LogP contribution is -2.36. The molecule has 1 fully saturated rings. The van der Waals surface area contributed by atoms with Gasteiger partial charge in [-0.2, -0.15) is 10.5 Å². The third kappa shape index (κ3) is 2.13. The number of anilines is 1. The second-order valence-electron chi connectivity index (χ2n) is 3.59. The zero-order chi connectivity index (χ0) is 11.4. The van der Waals surface area contributed by atoms with E-state index in [9.17, 15) is 0 Å². The fourth-order valence-electron chi connectivity index (χ4n) is 1.74. The first-order chi connectivity index (χ1) is 7.83. The van der Waals surface area contributed by atoms with Gasteiger partial charge in [0.05, 0.1) is 36.5 Å². The minimum atomic E-state index is 0.528. The van der Waals surface area contributed by atoms with Gasteiger partial charge in [0, 0.05) is 18.8 Å². The molecule has 1 saturated heterocycles. The third-order valence-corrected chi connectivity index (χ3v) is 2.55. The van der Waals surface area contributed by atoms with Crippen molar-refractivity contribution in [2.75, 3.05) is 31.2 Å². The molecule has 1 aromatic carbocycles. The third-order valence-electron chi connectivity index (χ3n) is 2.55. The Hall–Kier alpha value is -2.04. The minimum Gasteiger partial charge on any atom is -0.378 e. The van der Waals surface area contributed by atoms with Gasteiger partial charge in [0.2, 0.25) is 0 Å². The van der Waals surface area contributed by atoms with Gasteiger partial charge in [0.1, 0.15) is 0 Å². The largest absolute Gasteiger partial charge is 0.378 e. The van der Waals surface area contributed by atoms with E-state index in [2.05, 4.69) is 17.0 Å². The van der Waals surface area contributed by atoms with Crippen LogP contribution in [-0.2, 0) is 4.74 Å². The van der Waals surface area contributed by atoms with Crippen LogP contribution in [0.3, 0.4) is 0 Å². The molecule has 2 rings (SSSR count). The maximum Gasteiger partial charge on any atom is 0.0992 e. The first-order valence-corrected chi connectivity index (χ1v) is 5.11. The van der Waals surface area contributed by atoms with Crippen molar-refractivity contribution < 1.29 is 4.74 Å². The molecule has 0 N–H and O–H groups in total. The van der Waals surface area contributed by atoms with Crippen molar-refractivity contribution in [2.24, 2.45) is 0 Å². The number of nitriles is 2. The summed E-state index contributed by atoms with van der Waals surface area (Å²) < 4.78 is 5.26. The Morgan fingerprint density at radius 1 is 1.00 bits per heavy atom. The summed E-state index contributed by atoms with van der Waals surface area (Å²) in [6, 6.07) is 9.37. The van der Waals surface area contributed by atoms with Gasteiger partial charge in [0.15, 0.2) is 0 Å². The zero-order valence-electron chi connectivity index (χ0n) is 8.81. The summed E-state index contributed by atoms with van der Waals surface area (Å²) in [4.78, 5) is 2.13. The quantitative estimate of drug-likeness (QED) is 0.704. The average Bonchev–Trinajstić information content (AvgIpc) is 2.39. The Balaban J connectivity index is 2.33. The maximum absolute atomic E-state index is 8.88. The molecule has 0 bridgehead atoms. The summed E-state index contributed by atoms with van der Waals surface area (Å²) >= 11 is 0. The molecule has 1 aromatic rings. The SMILES string of the molecule is N#Cc1cc(C#N)cc(N2CCOCC2)c1. The number of ether oxygens (including phenoxy) is 1. The number of nitrogens with zero attached hydrogens (tertiary/aromatic N) is 3. The molecule has 0 amide bonds. The van der Waals surface area contributed by atoms with E-state index in [1.54, 1.807) is 6.07 Å². The summed E-state index contributed by atoms with van der Waals surface area (Å²) in [5.74, 6) is 0. The van der Waals surface area contributed by atoms with E-state index >= 15 is 0 Å². The van der Waals surface area contributed by atoms with E-state index in [1.165, 1.54) is 0 Å². The van der Waals surface area contributed by atoms with Crippen molar-refractivity contribution in [3.8, 4) is 12.1 Å². The Bertz CT molecular complexity index is 432. The van der Waals surface area contributed by atoms with Crippen LogP contribution in [0.25, 0.3) is 0 Å². The molecule has 0 aliphatic carbocycles. The molecule has 0 spiro atoms. The molecule has 4 nitrogen and oxygen atoms in total. The van der Waals surface area contributed by atoms with Crippen LogP contribution < -0.4 is 4.90 Å². The van der Waals surface area contributed by atoms with Gasteiger partial charge >= 0.3 is 0 Å². The van der Waals surface area contributed by atoms with Gasteiger partial charge in [-0.05, 0) is 18.2 Å². The molecule has 1 aliphatic heterocycles. The molecule has 0 aromatic heterocycles. The normalized spacial score (nSPS) is 15.2. The molecule has 0 unspecified atom stereocenters. The average molecular weight is 213 g/mol. The fourth-order valence-corrected chi connectivity index (χ4v) is 1.74. The Labute approximate surface area is 94.3 Å². The van der Waals surface area contributed by atoms with Crippen molar-refractivity contribution in [1.82, 2.24) is 0 Å². The molecule has 0 radical (unpaired) electrons. The highest BCUT2D eigenvalue weighted by molar-refractivity contribution is 5.56. The molecule has 4 heteroatoms. The predicted octanol–water partition coefficient (Wildman–Crippen LogP) is 1.27. The summed E-state index contributed by atoms with van der Waals surface area (Å²) in [7, 11) is 0. The van der Waals surface area contributed by atoms with Gasteiger partial charge in [-0.15, -0.1) is 0 Å². The molecule has 80 valence electrons. The lowest BCUT2D eigenvalue weighted by molar-refractivity contribution is 0.122. The first kappa shape index (κ1) is 10.5. The highest BCUT2D eigenvalue weighted by Gasteiger charge is 2.12. The molecule has 0 saturated carbocycles. The van der Waals surface area contributed by atoms with Crippen molar-refractivity contribution in [3.63, 3.8) is 0 Å². The van der Waals surface area contributed by atoms with E-state index in [0.717, 1.165) is 18.8 Å². The summed E-state index contributed by atoms with van der Waals surface area (Å²) in [5.41, 5.74) is 1.99. The summed E-state index contributed by atoms with van der Waals surface area (Å²) in [5, 5.41) is 17.8. The topological polar surface area (TPSA) is 60.0 Å². The highest BCUT2D eigenvalue weighted by Crippen LogP contribution is 2.19. The van der Waals surface area contributed by atoms with Crippen molar-refractivity contribution in [1.29, 1.82) is 10.5 Å². The van der Waals surface area contributed by atoms with E-state index in [0.29, 0.717) is 24.3 Å². The second-order valence-corrected chi connectivity index (χ2v) is 3.59. The highest BCUT2D eigenvalue weighted by atomic mass is 16.5. The molecular weight excluding hydrogens is 202 g/mol. The van der Waals surface area contributed by atoms with Crippen LogP contribution in [0.5, 0.6) is 0 Å². The maximum atomic E-state index is 8.88. The Morgan fingerprint density at radius 2 is 1.56 bits per heavy atom. The van der Waals surface area contributed by atoms with E-state index in [4.69, 9.17) is 15.3 Å². The van der Waals surface area contributed by atoms with Crippen LogP contribution in [0, 0.1) is 22.7 Å². The second kappa shape index (κ2) is 4.65. The number of hydrogen-bond acceptors (Lipinski definition) is 4. The van der Waals surface area contributed by atoms with Crippen LogP contribution >= 0.6 is 0 Å². The fraction of sp³-hybridized carbons (Fsp3) is 0.333. The molecule has 1 aliphatic rings. The predicted molar refractivity (Wildman–Crippen MR) is 58.9 cm³/mol. The molecule has 1 heterocycles. The van der Waals surface area contributed by atoms with Gasteiger partial charge < -0.3 is 9.64 Å². The number of morpholine rings is 1. The summed E-state index contributed by atoms with van der Waals surface area (Å²) in [6.07, 6.45) is 0. The molecule has 0 atom stereocenters. The van der Waals surface area contributed by atoms with Crippen LogP contribution in [0.2, 0.25) is 0 Å². The molecule has 16 heavy (non-hydrogen) atoms. The van der Waals surface area contributed by atoms with Crippen molar-refractivity contribution in [2.45, 2.75) is 0 Å². The Kier molecular flexibility index (Phi) is 3.05. The summed E-state index contributed by atoms with van der Waals surface area (Å²) in [6.45, 7) is 3.00. The molecular formula is C12H11N3O. The first-order valence-electron chi connectivity index (χ1n) is 5.11. The van der Waals surface area contributed by atoms with E-state index in [1.807, 2.05) is 12.1 Å². The van der Waals surface area contributed by atoms with E-state index < -0.39 is 0 Å². The van der Waals surface area contributed by atoms with Crippen LogP contribution in [0.1, 0.15) is 11.1 Å². The smallest absolute Gasteiger partial charge is 0.0992 e. The standard InChI is InChI=1S/C12H11N3O/c13-8-10-5-11(9-14)7-12(6-10)15-1-3-16-4-2-15/h5-7H,1-4H2. The number of benzene rings is 1. The lowest BCUT2D eigenvalue weighted by Gasteiger charge is -2.29. The van der Waals surface area contributed by atoms with Gasteiger partial charge in [-0.1, -0.05) is 0 Å². The van der Waals surface area contributed by atoms with E-state index in [-0.39, 0.29) is 0 Å². The monoisotopic (exact) mass is 213 g/mol. The number of rotatable bonds is 1. The van der Waals surface area contributed by atoms with Gasteiger partial charge in [-0.25, -0.2) is 0 Å². The van der Waals surface area contributed by atoms with Gasteiger partial charge in [-0.3, -0.25) is 0 Å². The Morgan fingerprint density at radius 3 is 2.06 bits per heavy atom. The van der Waals surface area contributed by atoms with Crippen LogP contribution in [0.4, 0.5) is 5.69 Å². The number of hydrogen-bond donors (Lipinski definition) is 0. The minimum absolute atomic E-state index is 0.528. The lowest BCUT2D eigenvalue weighted by atomic mass is 10.1. The van der Waals surface area contributed by atoms with Crippen LogP contribution in [-0.4, -0.2) is 26.3 Å². The van der Waals surface area contributed by atoms with Crippen LogP contribution in [0.15, 0.2) is 18.2 Å².